The molecule has 0 aliphatic rings. The van der Waals surface area contributed by atoms with Crippen molar-refractivity contribution in [3.63, 3.8) is 0 Å². The first kappa shape index (κ1) is 28.4. The second kappa shape index (κ2) is 14.5. The minimum Gasteiger partial charge on any atom is -0.366 e. The molecule has 0 amide bonds. The number of hydrogen-bond donors (Lipinski definition) is 3. The highest BCUT2D eigenvalue weighted by molar-refractivity contribution is 5.74. The number of rotatable bonds is 6. The van der Waals surface area contributed by atoms with Gasteiger partial charge in [-0.25, -0.2) is 13.8 Å². The smallest absolute Gasteiger partial charge is 0.239 e. The van der Waals surface area contributed by atoms with Crippen molar-refractivity contribution in [3.8, 4) is 22.8 Å². The quantitative estimate of drug-likeness (QED) is 0.247. The fraction of sp³-hybridized carbons (Fsp3) is 0.0690. The molecule has 0 saturated carbocycles. The Hall–Kier alpha value is -5.65. The van der Waals surface area contributed by atoms with Crippen LogP contribution in [0.15, 0.2) is 97.6 Å². The number of nitrogen functional groups attached to an aromatic ring is 1. The molecule has 0 atom stereocenters. The third-order valence-corrected chi connectivity index (χ3v) is 5.50. The fourth-order valence-corrected chi connectivity index (χ4v) is 3.41. The molecule has 10 nitrogen and oxygen atoms in total. The molecule has 4 aromatic heterocycles. The molecule has 0 saturated heterocycles. The van der Waals surface area contributed by atoms with Crippen molar-refractivity contribution in [3.05, 3.63) is 126 Å². The molecule has 6 rings (SSSR count). The maximum absolute atomic E-state index is 12.8. The summed E-state index contributed by atoms with van der Waals surface area (Å²) in [5.41, 5.74) is 8.78. The minimum absolute atomic E-state index is 0.214. The first-order valence-corrected chi connectivity index (χ1v) is 12.4. The molecule has 0 radical (unpaired) electrons. The van der Waals surface area contributed by atoms with E-state index in [4.69, 9.17) is 5.73 Å². The first-order chi connectivity index (χ1) is 20.0. The maximum atomic E-state index is 12.8. The van der Waals surface area contributed by atoms with Crippen molar-refractivity contribution in [2.75, 3.05) is 5.73 Å². The largest absolute Gasteiger partial charge is 0.366 e. The van der Waals surface area contributed by atoms with Gasteiger partial charge in [0.25, 0.3) is 0 Å². The van der Waals surface area contributed by atoms with Crippen LogP contribution in [0.3, 0.4) is 0 Å². The minimum atomic E-state index is -0.319. The Bertz CT molecular complexity index is 1620. The van der Waals surface area contributed by atoms with Crippen LogP contribution in [0.1, 0.15) is 21.7 Å². The van der Waals surface area contributed by atoms with Gasteiger partial charge < -0.3 is 5.73 Å². The number of aromatic amines is 2. The van der Waals surface area contributed by atoms with E-state index in [-0.39, 0.29) is 17.6 Å². The molecule has 4 heterocycles. The number of aromatic nitrogens is 8. The Morgan fingerprint density at radius 3 is 1.83 bits per heavy atom. The molecule has 0 bridgehead atoms. The molecule has 2 aromatic carbocycles. The second-order valence-electron chi connectivity index (χ2n) is 8.42. The van der Waals surface area contributed by atoms with E-state index in [2.05, 4.69) is 40.3 Å². The van der Waals surface area contributed by atoms with Crippen LogP contribution in [-0.4, -0.2) is 46.6 Å². The Morgan fingerprint density at radius 2 is 1.27 bits per heavy atom. The number of anilines is 1. The van der Waals surface area contributed by atoms with E-state index < -0.39 is 0 Å². The fourth-order valence-electron chi connectivity index (χ4n) is 3.41. The van der Waals surface area contributed by atoms with Gasteiger partial charge in [-0.05, 0) is 72.6 Å². The number of pyridine rings is 2. The summed E-state index contributed by atoms with van der Waals surface area (Å²) in [6.07, 6.45) is 9.02. The van der Waals surface area contributed by atoms with Crippen molar-refractivity contribution >= 4 is 12.2 Å². The topological polar surface area (TPSA) is 152 Å². The van der Waals surface area contributed by atoms with Gasteiger partial charge in [0.2, 0.25) is 5.95 Å². The zero-order valence-corrected chi connectivity index (χ0v) is 21.7. The predicted octanol–water partition coefficient (Wildman–Crippen LogP) is 4.88. The number of nitrogens with zero attached hydrogens (tertiary/aromatic N) is 6. The van der Waals surface area contributed by atoms with E-state index in [1.54, 1.807) is 36.9 Å². The van der Waals surface area contributed by atoms with Crippen molar-refractivity contribution in [2.24, 2.45) is 0 Å². The van der Waals surface area contributed by atoms with Gasteiger partial charge in [0.05, 0.1) is 0 Å². The summed E-state index contributed by atoms with van der Waals surface area (Å²) in [7, 11) is 0. The van der Waals surface area contributed by atoms with Gasteiger partial charge >= 0.3 is 0 Å². The third-order valence-electron chi connectivity index (χ3n) is 5.50. The van der Waals surface area contributed by atoms with Crippen LogP contribution in [-0.2, 0) is 12.8 Å². The van der Waals surface area contributed by atoms with Crippen LogP contribution in [0.4, 0.5) is 14.7 Å². The van der Waals surface area contributed by atoms with Crippen molar-refractivity contribution in [1.29, 1.82) is 0 Å². The van der Waals surface area contributed by atoms with Crippen LogP contribution < -0.4 is 5.73 Å². The summed E-state index contributed by atoms with van der Waals surface area (Å²) >= 11 is 0. The Kier molecular flexibility index (Phi) is 10.0. The monoisotopic (exact) mass is 553 g/mol. The highest BCUT2D eigenvalue weighted by Gasteiger charge is 2.06. The molecular weight excluding hydrogens is 528 g/mol. The summed E-state index contributed by atoms with van der Waals surface area (Å²) in [6, 6.07) is 19.3. The summed E-state index contributed by atoms with van der Waals surface area (Å²) in [4.78, 5) is 26.3. The lowest BCUT2D eigenvalue weighted by atomic mass is 10.1. The Balaban J connectivity index is 0.000000156. The average Bonchev–Trinajstić information content (AvgIpc) is 3.68. The van der Waals surface area contributed by atoms with E-state index in [1.165, 1.54) is 36.4 Å². The predicted molar refractivity (Wildman–Crippen MR) is 149 cm³/mol. The van der Waals surface area contributed by atoms with E-state index in [9.17, 15) is 13.6 Å². The van der Waals surface area contributed by atoms with Gasteiger partial charge in [-0.3, -0.25) is 25.0 Å². The van der Waals surface area contributed by atoms with E-state index >= 15 is 0 Å². The Labute approximate surface area is 233 Å². The summed E-state index contributed by atoms with van der Waals surface area (Å²) in [5, 5.41) is 13.5. The summed E-state index contributed by atoms with van der Waals surface area (Å²) < 4.78 is 24.9. The number of H-pyrrole nitrogens is 2. The van der Waals surface area contributed by atoms with Gasteiger partial charge in [-0.2, -0.15) is 10.1 Å². The number of hydrogen-bond acceptors (Lipinski definition) is 8. The molecule has 0 spiro atoms. The lowest BCUT2D eigenvalue weighted by Gasteiger charge is -1.98. The highest BCUT2D eigenvalue weighted by Crippen LogP contribution is 2.14. The van der Waals surface area contributed by atoms with Crippen molar-refractivity contribution in [2.45, 2.75) is 12.8 Å². The highest BCUT2D eigenvalue weighted by atomic mass is 19.1. The number of nitrogens with one attached hydrogen (secondary N) is 2. The lowest BCUT2D eigenvalue weighted by Crippen LogP contribution is -1.93. The Morgan fingerprint density at radius 1 is 0.683 bits per heavy atom. The van der Waals surface area contributed by atoms with Gasteiger partial charge in [-0.15, -0.1) is 5.10 Å². The van der Waals surface area contributed by atoms with Crippen molar-refractivity contribution in [1.82, 2.24) is 40.3 Å². The number of nitrogens with two attached hydrogens (primary N) is 1. The number of carbonyl (C=O) groups excluding carboxylic acids is 1. The van der Waals surface area contributed by atoms with Crippen LogP contribution in [0.5, 0.6) is 0 Å². The molecular formula is C29H25F2N9O. The molecule has 206 valence electrons. The number of halogens is 2. The second-order valence-corrected chi connectivity index (χ2v) is 8.42. The van der Waals surface area contributed by atoms with Crippen LogP contribution in [0.2, 0.25) is 0 Å². The zero-order chi connectivity index (χ0) is 28.9. The molecule has 41 heavy (non-hydrogen) atoms. The summed E-state index contributed by atoms with van der Waals surface area (Å²) in [5.74, 6) is 1.87. The lowest BCUT2D eigenvalue weighted by molar-refractivity contribution is 0.112. The van der Waals surface area contributed by atoms with Crippen LogP contribution >= 0.6 is 0 Å². The van der Waals surface area contributed by atoms with Gasteiger partial charge in [0.1, 0.15) is 23.7 Å². The van der Waals surface area contributed by atoms with Crippen LogP contribution in [0, 0.1) is 11.6 Å². The van der Waals surface area contributed by atoms with E-state index in [1.807, 2.05) is 24.3 Å². The molecule has 0 fully saturated rings. The molecule has 0 aliphatic carbocycles. The number of carbonyl (C=O) groups is 1. The SMILES string of the molecule is Fc1ccc(CCc2nc(-c3ccncc3)n[nH]2)cc1.Nc1n[nH]c(-c2ccncc2)n1.O=Cc1ccc(F)cc1. The van der Waals surface area contributed by atoms with Gasteiger partial charge in [0.15, 0.2) is 11.6 Å². The van der Waals surface area contributed by atoms with E-state index in [0.29, 0.717) is 23.5 Å². The molecule has 12 heteroatoms. The third kappa shape index (κ3) is 8.96. The first-order valence-electron chi connectivity index (χ1n) is 12.4. The van der Waals surface area contributed by atoms with Gasteiger partial charge in [-0.1, -0.05) is 12.1 Å². The maximum Gasteiger partial charge on any atom is 0.239 e. The normalized spacial score (nSPS) is 10.1. The summed E-state index contributed by atoms with van der Waals surface area (Å²) in [6.45, 7) is 0. The van der Waals surface area contributed by atoms with Crippen LogP contribution in [0.25, 0.3) is 22.8 Å². The van der Waals surface area contributed by atoms with Gasteiger partial charge in [0, 0.05) is 47.9 Å². The molecule has 6 aromatic rings. The number of aldehydes is 1. The standard InChI is InChI=1S/C15H13FN4.C7H5FO.C7H7N5/c16-13-4-1-11(2-5-13)3-6-14-18-15(20-19-14)12-7-9-17-10-8-12;8-7-3-1-6(5-9)2-4-7;8-7-10-6(11-12-7)5-1-3-9-4-2-5/h1-2,4-5,7-10H,3,6H2,(H,18,19,20);1-5H;1-4H,(H3,8,10,11,12). The molecule has 0 unspecified atom stereocenters. The zero-order valence-electron chi connectivity index (χ0n) is 21.7. The number of benzene rings is 2. The average molecular weight is 554 g/mol. The van der Waals surface area contributed by atoms with Crippen molar-refractivity contribution < 1.29 is 13.6 Å². The number of aryl methyl sites for hydroxylation is 2. The van der Waals surface area contributed by atoms with E-state index in [0.717, 1.165) is 35.4 Å². The molecule has 0 aliphatic heterocycles. The molecule has 4 N–H and O–H groups in total.